The first kappa shape index (κ1) is 11.1. The summed E-state index contributed by atoms with van der Waals surface area (Å²) in [6.45, 7) is 3.02. The highest BCUT2D eigenvalue weighted by Gasteiger charge is 2.45. The topological polar surface area (TPSA) is 74.6 Å². The Hall–Kier alpha value is -1.00. The van der Waals surface area contributed by atoms with E-state index in [-0.39, 0.29) is 0 Å². The van der Waals surface area contributed by atoms with Crippen molar-refractivity contribution in [2.45, 2.75) is 38.4 Å². The van der Waals surface area contributed by atoms with Crippen molar-refractivity contribution in [2.24, 2.45) is 0 Å². The molecule has 0 heterocycles. The van der Waals surface area contributed by atoms with Gasteiger partial charge in [-0.05, 0) is 19.4 Å². The van der Waals surface area contributed by atoms with Crippen LogP contribution in [0, 0.1) is 0 Å². The summed E-state index contributed by atoms with van der Waals surface area (Å²) in [5, 5.41) is 18.9. The second-order valence-corrected chi connectivity index (χ2v) is 3.70. The molecule has 0 saturated carbocycles. The molecule has 0 unspecified atom stereocenters. The van der Waals surface area contributed by atoms with E-state index < -0.39 is 23.3 Å². The summed E-state index contributed by atoms with van der Waals surface area (Å²) in [5.41, 5.74) is -1.66. The summed E-state index contributed by atoms with van der Waals surface area (Å²) in [4.78, 5) is 22.8. The zero-order valence-electron chi connectivity index (χ0n) is 8.28. The van der Waals surface area contributed by atoms with Crippen LogP contribution in [0.4, 0.5) is 0 Å². The molecule has 4 heteroatoms. The third kappa shape index (κ3) is 1.63. The van der Waals surface area contributed by atoms with Crippen molar-refractivity contribution in [3.8, 4) is 0 Å². The van der Waals surface area contributed by atoms with Crippen LogP contribution in [-0.2, 0) is 9.59 Å². The largest absolute Gasteiger partial charge is 0.381 e. The molecule has 78 valence electrons. The fourth-order valence-electron chi connectivity index (χ4n) is 1.41. The van der Waals surface area contributed by atoms with E-state index in [0.717, 1.165) is 19.4 Å². The van der Waals surface area contributed by atoms with E-state index in [2.05, 4.69) is 0 Å². The van der Waals surface area contributed by atoms with Gasteiger partial charge in [0.05, 0.1) is 0 Å². The molecule has 2 N–H and O–H groups in total. The molecule has 0 aromatic carbocycles. The Bertz CT molecular complexity index is 301. The molecular weight excluding hydrogens is 184 g/mol. The fourth-order valence-corrected chi connectivity index (χ4v) is 1.41. The van der Waals surface area contributed by atoms with Gasteiger partial charge in [0.1, 0.15) is 0 Å². The van der Waals surface area contributed by atoms with Crippen molar-refractivity contribution >= 4 is 11.6 Å². The number of carbonyl (C=O) groups excluding carboxylic acids is 2. The molecule has 1 rings (SSSR count). The molecule has 2 atom stereocenters. The number of carbonyl (C=O) groups is 2. The normalized spacial score (nSPS) is 33.1. The van der Waals surface area contributed by atoms with Gasteiger partial charge in [-0.2, -0.15) is 0 Å². The highest BCUT2D eigenvalue weighted by Crippen LogP contribution is 2.24. The van der Waals surface area contributed by atoms with Gasteiger partial charge in [-0.1, -0.05) is 13.3 Å². The lowest BCUT2D eigenvalue weighted by molar-refractivity contribution is -0.153. The Morgan fingerprint density at radius 3 is 2.57 bits per heavy atom. The van der Waals surface area contributed by atoms with E-state index in [1.807, 2.05) is 6.92 Å². The van der Waals surface area contributed by atoms with Crippen molar-refractivity contribution in [1.82, 2.24) is 0 Å². The molecule has 0 radical (unpaired) electrons. The Kier molecular flexibility index (Phi) is 2.87. The molecule has 0 aliphatic heterocycles. The quantitative estimate of drug-likeness (QED) is 0.653. The first-order valence-corrected chi connectivity index (χ1v) is 4.61. The van der Waals surface area contributed by atoms with Gasteiger partial charge >= 0.3 is 0 Å². The predicted molar refractivity (Wildman–Crippen MR) is 49.6 cm³/mol. The van der Waals surface area contributed by atoms with Gasteiger partial charge in [0.25, 0.3) is 0 Å². The summed E-state index contributed by atoms with van der Waals surface area (Å²) in [6.07, 6.45) is 0.692. The molecule has 0 aromatic rings. The molecule has 4 nitrogen and oxygen atoms in total. The zero-order chi connectivity index (χ0) is 10.9. The summed E-state index contributed by atoms with van der Waals surface area (Å²) in [5.74, 6) is -1.15. The van der Waals surface area contributed by atoms with Crippen molar-refractivity contribution in [1.29, 1.82) is 0 Å². The highest BCUT2D eigenvalue weighted by molar-refractivity contribution is 6.14. The SMILES string of the molecule is CCCC1=CC(=O)[C@@](C)(O)[C@@H](O)C1=O. The predicted octanol–water partition coefficient (Wildman–Crippen LogP) is -0.0234. The minimum absolute atomic E-state index is 0.302. The van der Waals surface area contributed by atoms with Crippen LogP contribution in [0.15, 0.2) is 11.6 Å². The molecular formula is C10H14O4. The Morgan fingerprint density at radius 1 is 1.50 bits per heavy atom. The van der Waals surface area contributed by atoms with Gasteiger partial charge in [0, 0.05) is 5.57 Å². The van der Waals surface area contributed by atoms with E-state index in [0.29, 0.717) is 12.0 Å². The second kappa shape index (κ2) is 3.63. The molecule has 0 bridgehead atoms. The number of aliphatic hydroxyl groups excluding tert-OH is 1. The first-order chi connectivity index (χ1) is 6.41. The monoisotopic (exact) mass is 198 g/mol. The van der Waals surface area contributed by atoms with Crippen LogP contribution in [0.1, 0.15) is 26.7 Å². The maximum atomic E-state index is 11.4. The molecule has 0 amide bonds. The zero-order valence-corrected chi connectivity index (χ0v) is 8.28. The lowest BCUT2D eigenvalue weighted by Gasteiger charge is -2.30. The van der Waals surface area contributed by atoms with Crippen LogP contribution >= 0.6 is 0 Å². The molecule has 0 saturated heterocycles. The maximum Gasteiger partial charge on any atom is 0.190 e. The van der Waals surface area contributed by atoms with Gasteiger partial charge < -0.3 is 10.2 Å². The van der Waals surface area contributed by atoms with Gasteiger partial charge in [0.2, 0.25) is 0 Å². The summed E-state index contributed by atoms with van der Waals surface area (Å²) >= 11 is 0. The smallest absolute Gasteiger partial charge is 0.190 e. The Balaban J connectivity index is 3.05. The third-order valence-electron chi connectivity index (χ3n) is 2.42. The average molecular weight is 198 g/mol. The van der Waals surface area contributed by atoms with Gasteiger partial charge in [-0.15, -0.1) is 0 Å². The minimum Gasteiger partial charge on any atom is -0.381 e. The molecule has 14 heavy (non-hydrogen) atoms. The van der Waals surface area contributed by atoms with Crippen molar-refractivity contribution in [3.63, 3.8) is 0 Å². The third-order valence-corrected chi connectivity index (χ3v) is 2.42. The number of ketones is 2. The van der Waals surface area contributed by atoms with E-state index in [1.54, 1.807) is 0 Å². The van der Waals surface area contributed by atoms with Crippen molar-refractivity contribution in [3.05, 3.63) is 11.6 Å². The Labute approximate surface area is 82.2 Å². The fraction of sp³-hybridized carbons (Fsp3) is 0.600. The lowest BCUT2D eigenvalue weighted by Crippen LogP contribution is -2.53. The van der Waals surface area contributed by atoms with Gasteiger partial charge in [-0.25, -0.2) is 0 Å². The van der Waals surface area contributed by atoms with E-state index >= 15 is 0 Å². The number of hydrogen-bond acceptors (Lipinski definition) is 4. The molecule has 0 aromatic heterocycles. The molecule has 0 fully saturated rings. The standard InChI is InChI=1S/C10H14O4/c1-3-4-6-5-7(11)10(2,14)9(13)8(6)12/h5,9,13-14H,3-4H2,1-2H3/t9-,10+/m0/s1. The summed E-state index contributed by atoms with van der Waals surface area (Å²) < 4.78 is 0. The van der Waals surface area contributed by atoms with Crippen LogP contribution in [0.5, 0.6) is 0 Å². The number of hydrogen-bond donors (Lipinski definition) is 2. The molecule has 1 aliphatic rings. The van der Waals surface area contributed by atoms with E-state index in [9.17, 15) is 19.8 Å². The minimum atomic E-state index is -1.96. The van der Waals surface area contributed by atoms with E-state index in [1.165, 1.54) is 0 Å². The average Bonchev–Trinajstić information content (AvgIpc) is 2.12. The number of Topliss-reactive ketones (excluding diaryl/α,β-unsaturated/α-hetero) is 1. The van der Waals surface area contributed by atoms with Crippen LogP contribution in [-0.4, -0.2) is 33.5 Å². The van der Waals surface area contributed by atoms with Crippen molar-refractivity contribution < 1.29 is 19.8 Å². The van der Waals surface area contributed by atoms with E-state index in [4.69, 9.17) is 0 Å². The second-order valence-electron chi connectivity index (χ2n) is 3.70. The Morgan fingerprint density at radius 2 is 2.07 bits per heavy atom. The van der Waals surface area contributed by atoms with Crippen LogP contribution in [0.25, 0.3) is 0 Å². The first-order valence-electron chi connectivity index (χ1n) is 4.61. The van der Waals surface area contributed by atoms with Crippen LogP contribution in [0.2, 0.25) is 0 Å². The van der Waals surface area contributed by atoms with Crippen LogP contribution < -0.4 is 0 Å². The molecule has 1 aliphatic carbocycles. The van der Waals surface area contributed by atoms with Gasteiger partial charge in [-0.3, -0.25) is 9.59 Å². The maximum absolute atomic E-state index is 11.4. The number of aliphatic hydroxyl groups is 2. The molecule has 0 spiro atoms. The summed E-state index contributed by atoms with van der Waals surface area (Å²) in [6, 6.07) is 0. The van der Waals surface area contributed by atoms with Gasteiger partial charge in [0.15, 0.2) is 23.3 Å². The van der Waals surface area contributed by atoms with Crippen LogP contribution in [0.3, 0.4) is 0 Å². The summed E-state index contributed by atoms with van der Waals surface area (Å²) in [7, 11) is 0. The van der Waals surface area contributed by atoms with Crippen molar-refractivity contribution in [2.75, 3.05) is 0 Å². The highest BCUT2D eigenvalue weighted by atomic mass is 16.4. The number of rotatable bonds is 2. The lowest BCUT2D eigenvalue weighted by atomic mass is 9.81.